The molecule has 1 N–H and O–H groups in total. The van der Waals surface area contributed by atoms with Crippen molar-refractivity contribution >= 4 is 36.3 Å². The lowest BCUT2D eigenvalue weighted by Crippen LogP contribution is -2.46. The first-order valence-corrected chi connectivity index (χ1v) is 12.1. The van der Waals surface area contributed by atoms with Gasteiger partial charge in [-0.1, -0.05) is 23.7 Å². The van der Waals surface area contributed by atoms with Gasteiger partial charge in [-0.25, -0.2) is 23.4 Å². The fourth-order valence-electron chi connectivity index (χ4n) is 4.14. The number of alkyl halides is 1. The summed E-state index contributed by atoms with van der Waals surface area (Å²) in [4.78, 5) is 21.3. The molecule has 12 heteroatoms. The Kier molecular flexibility index (Phi) is 7.98. The van der Waals surface area contributed by atoms with E-state index in [1.807, 2.05) is 25.1 Å². The number of rotatable bonds is 9. The molecule has 0 bridgehead atoms. The van der Waals surface area contributed by atoms with Crippen LogP contribution < -0.4 is 10.1 Å². The zero-order chi connectivity index (χ0) is 27.6. The fraction of sp³-hybridized carbons (Fsp3) is 0.308. The number of aryl methyl sites for hydroxylation is 2. The maximum Gasteiger partial charge on any atom is 0.246 e. The van der Waals surface area contributed by atoms with E-state index in [0.717, 1.165) is 29.6 Å². The molecule has 2 heterocycles. The van der Waals surface area contributed by atoms with E-state index in [9.17, 15) is 13.6 Å². The van der Waals surface area contributed by atoms with Crippen molar-refractivity contribution in [2.75, 3.05) is 6.61 Å². The number of fused-ring (bicyclic) bond motifs is 1. The van der Waals surface area contributed by atoms with Gasteiger partial charge in [0.05, 0.1) is 5.02 Å². The summed E-state index contributed by atoms with van der Waals surface area (Å²) in [6.45, 7) is 3.81. The van der Waals surface area contributed by atoms with Gasteiger partial charge in [-0.05, 0) is 50.6 Å². The van der Waals surface area contributed by atoms with Crippen molar-refractivity contribution < 1.29 is 23.0 Å². The first kappa shape index (κ1) is 27.5. The van der Waals surface area contributed by atoms with E-state index in [4.69, 9.17) is 24.2 Å². The summed E-state index contributed by atoms with van der Waals surface area (Å²) in [7, 11) is 8.16. The Morgan fingerprint density at radius 3 is 2.76 bits per heavy atom. The van der Waals surface area contributed by atoms with Gasteiger partial charge in [0.2, 0.25) is 5.91 Å². The molecule has 0 fully saturated rings. The number of carbonyl (C=O) groups excluding carboxylic acids is 1. The Morgan fingerprint density at radius 1 is 1.32 bits per heavy atom. The average Bonchev–Trinajstić information content (AvgIpc) is 3.26. The lowest BCUT2D eigenvalue weighted by Gasteiger charge is -2.30. The summed E-state index contributed by atoms with van der Waals surface area (Å²) in [5.74, 6) is -0.211. The molecule has 4 aromatic rings. The number of halogens is 3. The Hall–Kier alpha value is -3.57. The minimum Gasteiger partial charge on any atom is -0.487 e. The molecule has 2 aromatic carbocycles. The van der Waals surface area contributed by atoms with Gasteiger partial charge in [-0.3, -0.25) is 4.79 Å². The molecule has 2 atom stereocenters. The number of hydrogen-bond acceptors (Lipinski definition) is 6. The molecular weight excluding hydrogens is 515 g/mol. The topological polar surface area (TPSA) is 91.2 Å². The minimum atomic E-state index is -1.63. The van der Waals surface area contributed by atoms with Gasteiger partial charge in [-0.15, -0.1) is 0 Å². The average molecular weight is 540 g/mol. The Labute approximate surface area is 224 Å². The first-order valence-electron chi connectivity index (χ1n) is 11.7. The van der Waals surface area contributed by atoms with E-state index in [-0.39, 0.29) is 17.2 Å². The van der Waals surface area contributed by atoms with Crippen molar-refractivity contribution in [3.05, 3.63) is 70.4 Å². The van der Waals surface area contributed by atoms with E-state index in [0.29, 0.717) is 22.7 Å². The minimum absolute atomic E-state index is 0.0590. The maximum atomic E-state index is 14.4. The molecule has 1 amide bonds. The number of aromatic nitrogens is 4. The van der Waals surface area contributed by atoms with Crippen molar-refractivity contribution in [1.82, 2.24) is 25.1 Å². The molecule has 8 nitrogen and oxygen atoms in total. The lowest BCUT2D eigenvalue weighted by atomic mass is 9.72. The summed E-state index contributed by atoms with van der Waals surface area (Å²) in [5, 5.41) is 7.54. The van der Waals surface area contributed by atoms with E-state index in [1.165, 1.54) is 19.3 Å². The standard InChI is InChI=1S/C26H25BClF2N5O3/c1-14-8-18(25-31-13-32-35(25)4)17-6-5-7-22(24(17)33-14)38-11-19-20(9-16(30)10-21(19)28)26(3,27)34-23(36)12-37-15(2)29/h5-10,13,15H,11-12H2,1-4H3,(H,34,36)/t15?,26-/m0/s1. The summed E-state index contributed by atoms with van der Waals surface area (Å²) < 4.78 is 39.9. The number of amides is 1. The quantitative estimate of drug-likeness (QED) is 0.315. The van der Waals surface area contributed by atoms with Crippen molar-refractivity contribution in [2.45, 2.75) is 39.2 Å². The molecule has 0 aliphatic carbocycles. The van der Waals surface area contributed by atoms with Crippen LogP contribution in [0.15, 0.2) is 42.7 Å². The second kappa shape index (κ2) is 11.0. The van der Waals surface area contributed by atoms with Crippen LogP contribution in [0.2, 0.25) is 5.02 Å². The lowest BCUT2D eigenvalue weighted by molar-refractivity contribution is -0.132. The van der Waals surface area contributed by atoms with Crippen LogP contribution in [0.3, 0.4) is 0 Å². The number of hydrogen-bond donors (Lipinski definition) is 1. The monoisotopic (exact) mass is 539 g/mol. The number of ether oxygens (including phenoxy) is 2. The van der Waals surface area contributed by atoms with E-state index >= 15 is 0 Å². The molecule has 196 valence electrons. The zero-order valence-corrected chi connectivity index (χ0v) is 22.0. The van der Waals surface area contributed by atoms with Crippen molar-refractivity contribution in [2.24, 2.45) is 7.05 Å². The van der Waals surface area contributed by atoms with Gasteiger partial charge in [-0.2, -0.15) is 5.10 Å². The molecule has 38 heavy (non-hydrogen) atoms. The summed E-state index contributed by atoms with van der Waals surface area (Å²) in [5.41, 5.74) is 1.14. The smallest absolute Gasteiger partial charge is 0.246 e. The summed E-state index contributed by atoms with van der Waals surface area (Å²) >= 11 is 6.40. The molecule has 0 aliphatic rings. The molecule has 0 aliphatic heterocycles. The van der Waals surface area contributed by atoms with Crippen LogP contribution in [0.5, 0.6) is 5.75 Å². The Balaban J connectivity index is 1.68. The van der Waals surface area contributed by atoms with E-state index < -0.39 is 30.1 Å². The first-order chi connectivity index (χ1) is 18.0. The van der Waals surface area contributed by atoms with Gasteiger partial charge in [0.15, 0.2) is 12.2 Å². The van der Waals surface area contributed by atoms with Gasteiger partial charge >= 0.3 is 0 Å². The van der Waals surface area contributed by atoms with Crippen LogP contribution in [0.25, 0.3) is 22.3 Å². The zero-order valence-electron chi connectivity index (χ0n) is 21.3. The predicted molar refractivity (Wildman–Crippen MR) is 140 cm³/mol. The number of nitrogens with zero attached hydrogens (tertiary/aromatic N) is 4. The Bertz CT molecular complexity index is 1500. The molecular formula is C26H25BClF2N5O3. The molecule has 2 radical (unpaired) electrons. The van der Waals surface area contributed by atoms with Gasteiger partial charge in [0.1, 0.15) is 44.5 Å². The fourth-order valence-corrected chi connectivity index (χ4v) is 4.40. The van der Waals surface area contributed by atoms with Crippen LogP contribution in [0, 0.1) is 12.7 Å². The van der Waals surface area contributed by atoms with E-state index in [2.05, 4.69) is 25.1 Å². The van der Waals surface area contributed by atoms with Crippen LogP contribution in [-0.2, 0) is 28.6 Å². The highest BCUT2D eigenvalue weighted by Gasteiger charge is 2.28. The van der Waals surface area contributed by atoms with Crippen LogP contribution >= 0.6 is 11.6 Å². The number of benzene rings is 2. The predicted octanol–water partition coefficient (Wildman–Crippen LogP) is 4.50. The van der Waals surface area contributed by atoms with Crippen molar-refractivity contribution in [3.63, 3.8) is 0 Å². The van der Waals surface area contributed by atoms with Crippen molar-refractivity contribution in [3.8, 4) is 17.1 Å². The molecule has 0 saturated carbocycles. The second-order valence-electron chi connectivity index (χ2n) is 8.98. The van der Waals surface area contributed by atoms with Gasteiger partial charge in [0, 0.05) is 34.7 Å². The normalized spacial score (nSPS) is 13.8. The Morgan fingerprint density at radius 2 is 2.08 bits per heavy atom. The summed E-state index contributed by atoms with van der Waals surface area (Å²) in [6, 6.07) is 9.70. The highest BCUT2D eigenvalue weighted by molar-refractivity contribution is 6.31. The van der Waals surface area contributed by atoms with Gasteiger partial charge in [0.25, 0.3) is 0 Å². The number of carbonyl (C=O) groups is 1. The molecule has 1 unspecified atom stereocenters. The number of pyridine rings is 1. The van der Waals surface area contributed by atoms with Crippen LogP contribution in [0.1, 0.15) is 30.7 Å². The van der Waals surface area contributed by atoms with Crippen LogP contribution in [0.4, 0.5) is 8.78 Å². The molecule has 2 aromatic heterocycles. The van der Waals surface area contributed by atoms with E-state index in [1.54, 1.807) is 17.8 Å². The molecule has 0 spiro atoms. The number of para-hydroxylation sites is 1. The maximum absolute atomic E-state index is 14.4. The second-order valence-corrected chi connectivity index (χ2v) is 9.38. The van der Waals surface area contributed by atoms with Gasteiger partial charge < -0.3 is 14.8 Å². The SMILES string of the molecule is [B][C@@](C)(NC(=O)COC(C)F)c1cc(F)cc(Cl)c1COc1cccc2c(-c3ncnn3C)cc(C)nc12. The third kappa shape index (κ3) is 5.94. The summed E-state index contributed by atoms with van der Waals surface area (Å²) in [6.07, 6.45) is -0.160. The highest BCUT2D eigenvalue weighted by Crippen LogP contribution is 2.34. The van der Waals surface area contributed by atoms with Crippen molar-refractivity contribution in [1.29, 1.82) is 0 Å². The molecule has 0 saturated heterocycles. The van der Waals surface area contributed by atoms with Crippen LogP contribution in [-0.4, -0.2) is 46.5 Å². The third-order valence-electron chi connectivity index (χ3n) is 5.82. The highest BCUT2D eigenvalue weighted by atomic mass is 35.5. The molecule has 4 rings (SSSR count). The third-order valence-corrected chi connectivity index (χ3v) is 6.16. The number of nitrogens with one attached hydrogen (secondary N) is 1. The largest absolute Gasteiger partial charge is 0.487 e.